The van der Waals surface area contributed by atoms with Crippen molar-refractivity contribution < 1.29 is 28.5 Å². The molecule has 28 heavy (non-hydrogen) atoms. The minimum Gasteiger partial charge on any atom is -0.459 e. The molecule has 0 bridgehead atoms. The molecular formula is C22H32O6. The van der Waals surface area contributed by atoms with Crippen molar-refractivity contribution in [2.45, 2.75) is 71.9 Å². The molecule has 0 N–H and O–H groups in total. The molecule has 0 radical (unpaired) electrons. The van der Waals surface area contributed by atoms with Crippen LogP contribution in [0.25, 0.3) is 0 Å². The van der Waals surface area contributed by atoms with Crippen LogP contribution < -0.4 is 0 Å². The second-order valence-electron chi connectivity index (χ2n) is 8.55. The molecule has 3 aliphatic rings. The van der Waals surface area contributed by atoms with E-state index in [4.69, 9.17) is 18.9 Å². The van der Waals surface area contributed by atoms with Gasteiger partial charge in [0.1, 0.15) is 6.10 Å². The van der Waals surface area contributed by atoms with Gasteiger partial charge in [0.15, 0.2) is 0 Å². The summed E-state index contributed by atoms with van der Waals surface area (Å²) in [6.07, 6.45) is 3.43. The number of hydrogen-bond donors (Lipinski definition) is 0. The van der Waals surface area contributed by atoms with Gasteiger partial charge >= 0.3 is 11.9 Å². The van der Waals surface area contributed by atoms with Crippen LogP contribution in [-0.2, 0) is 28.5 Å². The molecule has 0 aromatic rings. The third kappa shape index (κ3) is 2.84. The largest absolute Gasteiger partial charge is 0.459 e. The number of esters is 2. The maximum absolute atomic E-state index is 12.4. The maximum Gasteiger partial charge on any atom is 0.336 e. The van der Waals surface area contributed by atoms with Gasteiger partial charge in [-0.15, -0.1) is 0 Å². The molecule has 6 nitrogen and oxygen atoms in total. The summed E-state index contributed by atoms with van der Waals surface area (Å²) in [5.41, 5.74) is 1.64. The van der Waals surface area contributed by atoms with Crippen LogP contribution in [-0.4, -0.2) is 44.2 Å². The van der Waals surface area contributed by atoms with Crippen molar-refractivity contribution in [2.75, 3.05) is 14.2 Å². The third-order valence-electron chi connectivity index (χ3n) is 7.52. The zero-order valence-corrected chi connectivity index (χ0v) is 18.0. The highest BCUT2D eigenvalue weighted by molar-refractivity contribution is 5.92. The fraction of sp³-hybridized carbons (Fsp3) is 0.727. The van der Waals surface area contributed by atoms with Gasteiger partial charge in [0.2, 0.25) is 5.79 Å². The van der Waals surface area contributed by atoms with Crippen molar-refractivity contribution in [3.63, 3.8) is 0 Å². The summed E-state index contributed by atoms with van der Waals surface area (Å²) in [5, 5.41) is 0. The average molecular weight is 392 g/mol. The molecule has 1 heterocycles. The predicted molar refractivity (Wildman–Crippen MR) is 103 cm³/mol. The number of hydrogen-bond acceptors (Lipinski definition) is 6. The molecule has 0 spiro atoms. The molecule has 6 heteroatoms. The van der Waals surface area contributed by atoms with Crippen LogP contribution in [0.3, 0.4) is 0 Å². The van der Waals surface area contributed by atoms with Gasteiger partial charge < -0.3 is 18.9 Å². The molecule has 0 aromatic heterocycles. The molecule has 0 saturated heterocycles. The van der Waals surface area contributed by atoms with Crippen molar-refractivity contribution in [3.8, 4) is 0 Å². The Bertz CT molecular complexity index is 737. The van der Waals surface area contributed by atoms with Crippen LogP contribution in [0.4, 0.5) is 0 Å². The van der Waals surface area contributed by atoms with Crippen LogP contribution in [0.2, 0.25) is 0 Å². The second kappa shape index (κ2) is 7.30. The minimum absolute atomic E-state index is 0.0515. The number of ether oxygens (including phenoxy) is 4. The Kier molecular flexibility index (Phi) is 5.49. The average Bonchev–Trinajstić information content (AvgIpc) is 2.93. The lowest BCUT2D eigenvalue weighted by molar-refractivity contribution is -0.244. The van der Waals surface area contributed by atoms with Crippen molar-refractivity contribution in [3.05, 3.63) is 22.8 Å². The summed E-state index contributed by atoms with van der Waals surface area (Å²) < 4.78 is 23.3. The van der Waals surface area contributed by atoms with Gasteiger partial charge in [-0.3, -0.25) is 0 Å². The number of fused-ring (bicyclic) bond motifs is 2. The van der Waals surface area contributed by atoms with E-state index in [9.17, 15) is 9.59 Å². The van der Waals surface area contributed by atoms with Crippen molar-refractivity contribution in [1.82, 2.24) is 0 Å². The van der Waals surface area contributed by atoms with Crippen LogP contribution >= 0.6 is 0 Å². The third-order valence-corrected chi connectivity index (χ3v) is 7.52. The lowest BCUT2D eigenvalue weighted by atomic mass is 9.51. The Hall–Kier alpha value is -1.66. The van der Waals surface area contributed by atoms with Crippen LogP contribution in [0, 0.1) is 17.3 Å². The molecule has 2 saturated carbocycles. The topological polar surface area (TPSA) is 71.1 Å². The molecule has 6 atom stereocenters. The predicted octanol–water partition coefficient (Wildman–Crippen LogP) is 3.55. The van der Waals surface area contributed by atoms with Gasteiger partial charge in [-0.2, -0.15) is 0 Å². The van der Waals surface area contributed by atoms with Gasteiger partial charge in [-0.1, -0.05) is 19.9 Å². The number of carbonyl (C=O) groups is 2. The summed E-state index contributed by atoms with van der Waals surface area (Å²) in [7, 11) is 3.24. The maximum atomic E-state index is 12.4. The monoisotopic (exact) mass is 392 g/mol. The molecule has 6 unspecified atom stereocenters. The number of carbonyl (C=O) groups excluding carboxylic acids is 2. The van der Waals surface area contributed by atoms with E-state index in [2.05, 4.69) is 13.8 Å². The van der Waals surface area contributed by atoms with Crippen LogP contribution in [0.1, 0.15) is 53.9 Å². The highest BCUT2D eigenvalue weighted by Gasteiger charge is 2.65. The Balaban J connectivity index is 1.99. The summed E-state index contributed by atoms with van der Waals surface area (Å²) in [4.78, 5) is 24.7. The van der Waals surface area contributed by atoms with Crippen LogP contribution in [0.5, 0.6) is 0 Å². The van der Waals surface area contributed by atoms with E-state index < -0.39 is 5.79 Å². The standard InChI is InChI=1S/C22H32O6/c1-8-12(2)19(23)27-16-10-9-15-11-22(26-7)17(13(3)20(24)28-22)18(25-6)21(15,5)14(16)4/h8,14-16,18H,9-11H2,1-7H3. The van der Waals surface area contributed by atoms with Gasteiger partial charge in [-0.25, -0.2) is 9.59 Å². The summed E-state index contributed by atoms with van der Waals surface area (Å²) in [6, 6.07) is 0. The molecule has 2 fully saturated rings. The van der Waals surface area contributed by atoms with E-state index in [1.807, 2.05) is 6.92 Å². The van der Waals surface area contributed by atoms with E-state index in [-0.39, 0.29) is 41.4 Å². The van der Waals surface area contributed by atoms with Gasteiger partial charge in [-0.05, 0) is 39.5 Å². The Labute approximate surface area is 167 Å². The first-order valence-electron chi connectivity index (χ1n) is 10.0. The molecule has 3 rings (SSSR count). The highest BCUT2D eigenvalue weighted by atomic mass is 16.7. The lowest BCUT2D eigenvalue weighted by Crippen LogP contribution is -2.61. The normalized spacial score (nSPS) is 40.7. The quantitative estimate of drug-likeness (QED) is 0.538. The summed E-state index contributed by atoms with van der Waals surface area (Å²) in [5.74, 6) is -1.40. The molecule has 0 amide bonds. The van der Waals surface area contributed by atoms with Crippen molar-refractivity contribution in [2.24, 2.45) is 17.3 Å². The smallest absolute Gasteiger partial charge is 0.336 e. The Morgan fingerprint density at radius 3 is 2.54 bits per heavy atom. The number of methoxy groups -OCH3 is 2. The van der Waals surface area contributed by atoms with Crippen molar-refractivity contribution in [1.29, 1.82) is 0 Å². The molecule has 1 aliphatic heterocycles. The van der Waals surface area contributed by atoms with Gasteiger partial charge in [0, 0.05) is 48.7 Å². The molecule has 156 valence electrons. The van der Waals surface area contributed by atoms with Crippen molar-refractivity contribution >= 4 is 11.9 Å². The molecule has 2 aliphatic carbocycles. The van der Waals surface area contributed by atoms with E-state index in [0.717, 1.165) is 18.4 Å². The molecular weight excluding hydrogens is 360 g/mol. The molecule has 0 aromatic carbocycles. The van der Waals surface area contributed by atoms with E-state index in [1.165, 1.54) is 0 Å². The first kappa shape index (κ1) is 21.1. The zero-order valence-electron chi connectivity index (χ0n) is 18.0. The number of rotatable bonds is 4. The minimum atomic E-state index is -1.04. The van der Waals surface area contributed by atoms with E-state index in [1.54, 1.807) is 34.1 Å². The summed E-state index contributed by atoms with van der Waals surface area (Å²) >= 11 is 0. The SMILES string of the molecule is CC=C(C)C(=O)OC1CCC2CC3(OC)OC(=O)C(C)=C3C(OC)C2(C)C1C. The second-order valence-corrected chi connectivity index (χ2v) is 8.55. The van der Waals surface area contributed by atoms with Crippen LogP contribution in [0.15, 0.2) is 22.8 Å². The Morgan fingerprint density at radius 2 is 1.96 bits per heavy atom. The fourth-order valence-electron chi connectivity index (χ4n) is 5.45. The highest BCUT2D eigenvalue weighted by Crippen LogP contribution is 2.61. The van der Waals surface area contributed by atoms with Gasteiger partial charge in [0.25, 0.3) is 0 Å². The van der Waals surface area contributed by atoms with E-state index in [0.29, 0.717) is 17.6 Å². The first-order chi connectivity index (χ1) is 13.2. The zero-order chi connectivity index (χ0) is 20.9. The number of allylic oxidation sites excluding steroid dienone is 1. The summed E-state index contributed by atoms with van der Waals surface area (Å²) in [6.45, 7) is 9.67. The lowest BCUT2D eigenvalue weighted by Gasteiger charge is -2.58. The van der Waals surface area contributed by atoms with E-state index >= 15 is 0 Å². The Morgan fingerprint density at radius 1 is 1.29 bits per heavy atom. The first-order valence-corrected chi connectivity index (χ1v) is 10.0. The fourth-order valence-corrected chi connectivity index (χ4v) is 5.45. The van der Waals surface area contributed by atoms with Gasteiger partial charge in [0.05, 0.1) is 6.10 Å².